The third-order valence-corrected chi connectivity index (χ3v) is 12.2. The lowest BCUT2D eigenvalue weighted by Gasteiger charge is -2.24. The van der Waals surface area contributed by atoms with Gasteiger partial charge in [-0.25, -0.2) is 0 Å². The highest BCUT2D eigenvalue weighted by atomic mass is 15.2. The van der Waals surface area contributed by atoms with Crippen molar-refractivity contribution in [2.24, 2.45) is 0 Å². The first kappa shape index (κ1) is 29.9. The second kappa shape index (κ2) is 9.57. The van der Waals surface area contributed by atoms with Gasteiger partial charge in [0.2, 0.25) is 5.69 Å². The van der Waals surface area contributed by atoms with E-state index in [4.69, 9.17) is 0 Å². The molecule has 2 heterocycles. The van der Waals surface area contributed by atoms with Gasteiger partial charge in [0.15, 0.2) is 5.71 Å². The van der Waals surface area contributed by atoms with Gasteiger partial charge in [-0.1, -0.05) is 108 Å². The Balaban J connectivity index is 1.09. The molecule has 0 radical (unpaired) electrons. The summed E-state index contributed by atoms with van der Waals surface area (Å²) in [6.07, 6.45) is 11.2. The fourth-order valence-corrected chi connectivity index (χ4v) is 9.40. The predicted molar refractivity (Wildman–Crippen MR) is 200 cm³/mol. The van der Waals surface area contributed by atoms with E-state index in [1.54, 1.807) is 0 Å². The number of fused-ring (bicyclic) bond motifs is 8. The largest absolute Gasteiger partial charge is 0.347 e. The van der Waals surface area contributed by atoms with Gasteiger partial charge in [-0.05, 0) is 88.2 Å². The summed E-state index contributed by atoms with van der Waals surface area (Å²) >= 11 is 0. The molecule has 0 amide bonds. The van der Waals surface area contributed by atoms with Gasteiger partial charge in [0.25, 0.3) is 0 Å². The summed E-state index contributed by atoms with van der Waals surface area (Å²) in [5.74, 6) is 0. The Kier molecular flexibility index (Phi) is 6.09. The Morgan fingerprint density at radius 3 is 1.70 bits per heavy atom. The van der Waals surface area contributed by atoms with Crippen LogP contribution in [0.1, 0.15) is 88.8 Å². The maximum atomic E-state index is 2.47. The molecule has 0 fully saturated rings. The van der Waals surface area contributed by atoms with Crippen molar-refractivity contribution in [3.63, 3.8) is 0 Å². The molecule has 0 bridgehead atoms. The van der Waals surface area contributed by atoms with Crippen molar-refractivity contribution in [3.8, 4) is 22.3 Å². The fraction of sp³-hybridized carbons (Fsp3) is 0.311. The van der Waals surface area contributed by atoms with E-state index in [9.17, 15) is 0 Å². The molecule has 0 spiro atoms. The summed E-state index contributed by atoms with van der Waals surface area (Å²) in [7, 11) is 4.45. The third-order valence-electron chi connectivity index (χ3n) is 12.2. The Morgan fingerprint density at radius 1 is 0.532 bits per heavy atom. The molecule has 2 heteroatoms. The second-order valence-electron chi connectivity index (χ2n) is 16.2. The summed E-state index contributed by atoms with van der Waals surface area (Å²) in [5.41, 5.74) is 19.2. The predicted octanol–water partition coefficient (Wildman–Crippen LogP) is 10.7. The van der Waals surface area contributed by atoms with Crippen LogP contribution in [-0.2, 0) is 21.7 Å². The van der Waals surface area contributed by atoms with Crippen LogP contribution in [0.2, 0.25) is 0 Å². The lowest BCUT2D eigenvalue weighted by molar-refractivity contribution is -0.401. The average Bonchev–Trinajstić information content (AvgIpc) is 3.56. The van der Waals surface area contributed by atoms with Gasteiger partial charge in [0.1, 0.15) is 7.05 Å². The summed E-state index contributed by atoms with van der Waals surface area (Å²) < 4.78 is 2.40. The topological polar surface area (TPSA) is 6.25 Å². The first-order chi connectivity index (χ1) is 22.2. The standard InChI is InChI=1S/C45H47N2/c1-42(2)32-20-16-14-18-28(32)30-24-36-38(26-34(30)42)46(9)40(44(36,5)6)22-12-11-13-23-41-45(7,8)37-25-31-29-19-15-17-21-33(29)43(3,4)35(31)27-39(37)47(41)10/h11-27H,1-10H3/q+1. The highest BCUT2D eigenvalue weighted by Gasteiger charge is 2.47. The van der Waals surface area contributed by atoms with E-state index in [1.807, 2.05) is 0 Å². The minimum Gasteiger partial charge on any atom is -0.347 e. The first-order valence-electron chi connectivity index (χ1n) is 17.2. The molecular formula is C45H47N2+. The number of hydrogen-bond donors (Lipinski definition) is 0. The highest BCUT2D eigenvalue weighted by molar-refractivity contribution is 6.04. The minimum absolute atomic E-state index is 0.00239. The monoisotopic (exact) mass is 615 g/mol. The van der Waals surface area contributed by atoms with E-state index >= 15 is 0 Å². The van der Waals surface area contributed by atoms with Crippen LogP contribution < -0.4 is 4.90 Å². The minimum atomic E-state index is -0.0916. The zero-order valence-corrected chi connectivity index (χ0v) is 29.7. The Hall–Kier alpha value is -4.43. The van der Waals surface area contributed by atoms with E-state index in [1.165, 1.54) is 78.4 Å². The van der Waals surface area contributed by atoms with Crippen LogP contribution in [0.4, 0.5) is 11.4 Å². The van der Waals surface area contributed by atoms with E-state index in [-0.39, 0.29) is 21.7 Å². The van der Waals surface area contributed by atoms with Gasteiger partial charge in [-0.3, -0.25) is 0 Å². The Morgan fingerprint density at radius 2 is 1.09 bits per heavy atom. The van der Waals surface area contributed by atoms with Crippen molar-refractivity contribution in [3.05, 3.63) is 142 Å². The van der Waals surface area contributed by atoms with Gasteiger partial charge < -0.3 is 4.90 Å². The number of hydrogen-bond acceptors (Lipinski definition) is 1. The van der Waals surface area contributed by atoms with Crippen LogP contribution in [0.15, 0.2) is 109 Å². The number of anilines is 1. The molecule has 0 saturated heterocycles. The number of nitrogens with zero attached hydrogens (tertiary/aromatic N) is 2. The Bertz CT molecular complexity index is 2160. The smallest absolute Gasteiger partial charge is 0.209 e. The van der Waals surface area contributed by atoms with E-state index in [2.05, 4.69) is 182 Å². The van der Waals surface area contributed by atoms with Crippen molar-refractivity contribution in [1.82, 2.24) is 0 Å². The van der Waals surface area contributed by atoms with Crippen molar-refractivity contribution < 1.29 is 4.58 Å². The molecule has 4 aromatic rings. The molecule has 0 atom stereocenters. The van der Waals surface area contributed by atoms with Crippen LogP contribution in [0, 0.1) is 0 Å². The average molecular weight is 616 g/mol. The van der Waals surface area contributed by atoms with E-state index in [0.717, 1.165) is 0 Å². The quantitative estimate of drug-likeness (QED) is 0.164. The maximum Gasteiger partial charge on any atom is 0.209 e. The van der Waals surface area contributed by atoms with Crippen LogP contribution >= 0.6 is 0 Å². The summed E-state index contributed by atoms with van der Waals surface area (Å²) in [5, 5.41) is 0. The zero-order valence-electron chi connectivity index (χ0n) is 29.7. The molecule has 2 nitrogen and oxygen atoms in total. The van der Waals surface area contributed by atoms with Gasteiger partial charge in [0.05, 0.1) is 5.41 Å². The highest BCUT2D eigenvalue weighted by Crippen LogP contribution is 2.56. The molecule has 0 unspecified atom stereocenters. The molecule has 2 aliphatic heterocycles. The SMILES string of the molecule is CN1/C(=C/C=C/C=C/C2=[N+](C)c3cc4c(cc3C2(C)C)-c2ccccc2C4(C)C)C(C)(C)c2cc3c(cc21)C(C)(C)c1ccccc1-3. The third kappa shape index (κ3) is 3.88. The Labute approximate surface area is 281 Å². The molecule has 2 aliphatic carbocycles. The zero-order chi connectivity index (χ0) is 33.3. The second-order valence-corrected chi connectivity index (χ2v) is 16.2. The molecular weight excluding hydrogens is 569 g/mol. The number of likely N-dealkylation sites (N-methyl/N-ethyl adjacent to an activating group) is 1. The number of rotatable bonds is 3. The van der Waals surface area contributed by atoms with Crippen molar-refractivity contribution in [2.45, 2.75) is 77.0 Å². The normalized spacial score (nSPS) is 21.0. The van der Waals surface area contributed by atoms with Gasteiger partial charge in [-0.2, -0.15) is 4.58 Å². The lowest BCUT2D eigenvalue weighted by Crippen LogP contribution is -2.26. The summed E-state index contributed by atoms with van der Waals surface area (Å²) in [6, 6.07) is 27.7. The molecule has 4 aliphatic rings. The maximum absolute atomic E-state index is 2.47. The fourth-order valence-electron chi connectivity index (χ4n) is 9.40. The molecule has 236 valence electrons. The summed E-state index contributed by atoms with van der Waals surface area (Å²) in [4.78, 5) is 2.40. The van der Waals surface area contributed by atoms with Crippen LogP contribution in [0.25, 0.3) is 22.3 Å². The van der Waals surface area contributed by atoms with Crippen LogP contribution in [0.3, 0.4) is 0 Å². The lowest BCUT2D eigenvalue weighted by atomic mass is 9.78. The molecule has 0 N–H and O–H groups in total. The summed E-state index contributed by atoms with van der Waals surface area (Å²) in [6.45, 7) is 18.9. The van der Waals surface area contributed by atoms with Gasteiger partial charge in [-0.15, -0.1) is 0 Å². The number of benzene rings is 4. The first-order valence-corrected chi connectivity index (χ1v) is 17.2. The molecule has 0 saturated carbocycles. The van der Waals surface area contributed by atoms with Crippen molar-refractivity contribution in [2.75, 3.05) is 19.0 Å². The molecule has 4 aromatic carbocycles. The molecule has 47 heavy (non-hydrogen) atoms. The van der Waals surface area contributed by atoms with Gasteiger partial charge in [0, 0.05) is 52.4 Å². The van der Waals surface area contributed by atoms with Crippen molar-refractivity contribution in [1.29, 1.82) is 0 Å². The number of allylic oxidation sites excluding steroid dienone is 6. The van der Waals surface area contributed by atoms with Gasteiger partial charge >= 0.3 is 0 Å². The van der Waals surface area contributed by atoms with E-state index in [0.29, 0.717) is 0 Å². The van der Waals surface area contributed by atoms with E-state index < -0.39 is 0 Å². The molecule has 0 aromatic heterocycles. The van der Waals surface area contributed by atoms with Crippen molar-refractivity contribution >= 4 is 17.1 Å². The van der Waals surface area contributed by atoms with Crippen LogP contribution in [0.5, 0.6) is 0 Å². The van der Waals surface area contributed by atoms with Crippen LogP contribution in [-0.4, -0.2) is 24.4 Å². The molecule has 8 rings (SSSR count).